The van der Waals surface area contributed by atoms with Crippen LogP contribution in [0.5, 0.6) is 11.5 Å². The van der Waals surface area contributed by atoms with Crippen LogP contribution in [-0.2, 0) is 0 Å². The summed E-state index contributed by atoms with van der Waals surface area (Å²) in [6, 6.07) is 8.41. The zero-order chi connectivity index (χ0) is 15.2. The van der Waals surface area contributed by atoms with Crippen molar-refractivity contribution >= 4 is 11.6 Å². The van der Waals surface area contributed by atoms with Gasteiger partial charge in [-0.05, 0) is 37.3 Å². The van der Waals surface area contributed by atoms with E-state index in [0.29, 0.717) is 28.5 Å². The van der Waals surface area contributed by atoms with Crippen LogP contribution in [-0.4, -0.2) is 25.8 Å². The number of amides is 1. The highest BCUT2D eigenvalue weighted by Crippen LogP contribution is 2.27. The lowest BCUT2D eigenvalue weighted by atomic mass is 10.2. The first-order valence-electron chi connectivity index (χ1n) is 6.26. The third-order valence-electron chi connectivity index (χ3n) is 2.85. The van der Waals surface area contributed by atoms with Crippen molar-refractivity contribution in [2.24, 2.45) is 5.10 Å². The highest BCUT2D eigenvalue weighted by Gasteiger charge is 2.10. The molecule has 1 aromatic carbocycles. The third-order valence-corrected chi connectivity index (χ3v) is 2.85. The van der Waals surface area contributed by atoms with Crippen molar-refractivity contribution < 1.29 is 18.7 Å². The standard InChI is InChI=1S/C15H16N2O4/c1-10(12-5-4-8-21-12)16-17-15(18)11-6-7-13(19-2)14(9-11)20-3/h4-9H,1-3H3,(H,17,18)/b16-10+. The molecule has 0 aliphatic carbocycles. The first-order valence-corrected chi connectivity index (χ1v) is 6.26. The number of carbonyl (C=O) groups is 1. The normalized spacial score (nSPS) is 11.1. The van der Waals surface area contributed by atoms with Gasteiger partial charge in [-0.2, -0.15) is 5.10 Å². The predicted octanol–water partition coefficient (Wildman–Crippen LogP) is 2.45. The molecule has 1 amide bonds. The molecule has 2 aromatic rings. The van der Waals surface area contributed by atoms with E-state index < -0.39 is 0 Å². The van der Waals surface area contributed by atoms with Crippen LogP contribution in [0.3, 0.4) is 0 Å². The van der Waals surface area contributed by atoms with Gasteiger partial charge in [-0.15, -0.1) is 0 Å². The van der Waals surface area contributed by atoms with Gasteiger partial charge < -0.3 is 13.9 Å². The molecule has 0 spiro atoms. The number of hydrogen-bond acceptors (Lipinski definition) is 5. The van der Waals surface area contributed by atoms with Crippen LogP contribution in [0.15, 0.2) is 46.1 Å². The van der Waals surface area contributed by atoms with E-state index in [9.17, 15) is 4.79 Å². The molecule has 1 aromatic heterocycles. The van der Waals surface area contributed by atoms with Crippen LogP contribution in [0.25, 0.3) is 0 Å². The van der Waals surface area contributed by atoms with Crippen LogP contribution in [0.4, 0.5) is 0 Å². The Bertz CT molecular complexity index is 648. The minimum absolute atomic E-state index is 0.346. The number of ether oxygens (including phenoxy) is 2. The zero-order valence-electron chi connectivity index (χ0n) is 12.0. The van der Waals surface area contributed by atoms with Gasteiger partial charge in [-0.25, -0.2) is 5.43 Å². The summed E-state index contributed by atoms with van der Waals surface area (Å²) in [5.74, 6) is 1.30. The van der Waals surface area contributed by atoms with Crippen molar-refractivity contribution in [1.29, 1.82) is 0 Å². The Morgan fingerprint density at radius 3 is 2.57 bits per heavy atom. The number of rotatable bonds is 5. The van der Waals surface area contributed by atoms with Crippen molar-refractivity contribution in [1.82, 2.24) is 5.43 Å². The molecular weight excluding hydrogens is 272 g/mol. The van der Waals surface area contributed by atoms with Gasteiger partial charge in [-0.3, -0.25) is 4.79 Å². The molecule has 0 saturated carbocycles. The molecule has 1 N–H and O–H groups in total. The summed E-state index contributed by atoms with van der Waals surface area (Å²) >= 11 is 0. The van der Waals surface area contributed by atoms with Crippen LogP contribution in [0, 0.1) is 0 Å². The summed E-state index contributed by atoms with van der Waals surface area (Å²) < 4.78 is 15.5. The number of nitrogens with zero attached hydrogens (tertiary/aromatic N) is 1. The molecule has 2 rings (SSSR count). The highest BCUT2D eigenvalue weighted by molar-refractivity contribution is 5.99. The van der Waals surface area contributed by atoms with E-state index in [4.69, 9.17) is 13.9 Å². The fourth-order valence-electron chi connectivity index (χ4n) is 1.72. The van der Waals surface area contributed by atoms with E-state index in [-0.39, 0.29) is 5.91 Å². The molecule has 21 heavy (non-hydrogen) atoms. The number of hydrazone groups is 1. The second kappa shape index (κ2) is 6.60. The molecule has 110 valence electrons. The maximum absolute atomic E-state index is 12.0. The van der Waals surface area contributed by atoms with Gasteiger partial charge in [0.05, 0.1) is 20.5 Å². The van der Waals surface area contributed by atoms with Gasteiger partial charge in [-0.1, -0.05) is 0 Å². The van der Waals surface area contributed by atoms with Crippen LogP contribution >= 0.6 is 0 Å². The number of benzene rings is 1. The summed E-state index contributed by atoms with van der Waals surface area (Å²) in [6.07, 6.45) is 1.55. The van der Waals surface area contributed by atoms with Gasteiger partial charge in [0.25, 0.3) is 5.91 Å². The van der Waals surface area contributed by atoms with E-state index in [0.717, 1.165) is 0 Å². The first kappa shape index (κ1) is 14.6. The van der Waals surface area contributed by atoms with Crippen molar-refractivity contribution in [3.8, 4) is 11.5 Å². The Morgan fingerprint density at radius 1 is 1.19 bits per heavy atom. The number of furan rings is 1. The quantitative estimate of drug-likeness (QED) is 0.677. The third kappa shape index (κ3) is 3.42. The molecule has 0 aliphatic rings. The van der Waals surface area contributed by atoms with E-state index in [1.54, 1.807) is 43.5 Å². The monoisotopic (exact) mass is 288 g/mol. The lowest BCUT2D eigenvalue weighted by molar-refractivity contribution is 0.0954. The van der Waals surface area contributed by atoms with E-state index in [1.165, 1.54) is 14.2 Å². The van der Waals surface area contributed by atoms with Crippen molar-refractivity contribution in [3.05, 3.63) is 47.9 Å². The van der Waals surface area contributed by atoms with Gasteiger partial charge in [0.2, 0.25) is 0 Å². The van der Waals surface area contributed by atoms with Gasteiger partial charge in [0.1, 0.15) is 11.5 Å². The fraction of sp³-hybridized carbons (Fsp3) is 0.200. The fourth-order valence-corrected chi connectivity index (χ4v) is 1.72. The number of hydrogen-bond donors (Lipinski definition) is 1. The number of carbonyl (C=O) groups excluding carboxylic acids is 1. The molecule has 0 saturated heterocycles. The van der Waals surface area contributed by atoms with E-state index >= 15 is 0 Å². The SMILES string of the molecule is COc1ccc(C(=O)N/N=C(\C)c2ccco2)cc1OC. The Kier molecular flexibility index (Phi) is 4.61. The topological polar surface area (TPSA) is 73.1 Å². The Labute approximate surface area is 122 Å². The lowest BCUT2D eigenvalue weighted by Gasteiger charge is -2.08. The zero-order valence-corrected chi connectivity index (χ0v) is 12.0. The second-order valence-corrected chi connectivity index (χ2v) is 4.19. The average molecular weight is 288 g/mol. The first-order chi connectivity index (χ1) is 10.2. The van der Waals surface area contributed by atoms with E-state index in [2.05, 4.69) is 10.5 Å². The van der Waals surface area contributed by atoms with Crippen LogP contribution < -0.4 is 14.9 Å². The minimum atomic E-state index is -0.346. The predicted molar refractivity (Wildman–Crippen MR) is 77.9 cm³/mol. The molecule has 0 fully saturated rings. The summed E-state index contributed by atoms with van der Waals surface area (Å²) in [7, 11) is 3.05. The summed E-state index contributed by atoms with van der Waals surface area (Å²) in [5, 5.41) is 3.99. The maximum Gasteiger partial charge on any atom is 0.271 e. The molecule has 0 radical (unpaired) electrons. The summed E-state index contributed by atoms with van der Waals surface area (Å²) in [5.41, 5.74) is 3.47. The smallest absolute Gasteiger partial charge is 0.271 e. The largest absolute Gasteiger partial charge is 0.493 e. The van der Waals surface area contributed by atoms with Crippen LogP contribution in [0.1, 0.15) is 23.0 Å². The van der Waals surface area contributed by atoms with Crippen molar-refractivity contribution in [3.63, 3.8) is 0 Å². The van der Waals surface area contributed by atoms with E-state index in [1.807, 2.05) is 0 Å². The summed E-state index contributed by atoms with van der Waals surface area (Å²) in [4.78, 5) is 12.0. The van der Waals surface area contributed by atoms with Gasteiger partial charge >= 0.3 is 0 Å². The van der Waals surface area contributed by atoms with Crippen LogP contribution in [0.2, 0.25) is 0 Å². The average Bonchev–Trinajstić information content (AvgIpc) is 3.06. The molecule has 0 atom stereocenters. The molecule has 6 nitrogen and oxygen atoms in total. The van der Waals surface area contributed by atoms with Crippen molar-refractivity contribution in [2.75, 3.05) is 14.2 Å². The molecule has 0 bridgehead atoms. The molecular formula is C15H16N2O4. The highest BCUT2D eigenvalue weighted by atomic mass is 16.5. The van der Waals surface area contributed by atoms with Gasteiger partial charge in [0.15, 0.2) is 11.5 Å². The Hall–Kier alpha value is -2.76. The lowest BCUT2D eigenvalue weighted by Crippen LogP contribution is -2.19. The van der Waals surface area contributed by atoms with Gasteiger partial charge in [0, 0.05) is 5.56 Å². The molecule has 0 aliphatic heterocycles. The number of nitrogens with one attached hydrogen (secondary N) is 1. The molecule has 1 heterocycles. The number of methoxy groups -OCH3 is 2. The van der Waals surface area contributed by atoms with Crippen molar-refractivity contribution in [2.45, 2.75) is 6.92 Å². The minimum Gasteiger partial charge on any atom is -0.493 e. The Morgan fingerprint density at radius 2 is 1.95 bits per heavy atom. The molecule has 6 heteroatoms. The Balaban J connectivity index is 2.12. The second-order valence-electron chi connectivity index (χ2n) is 4.19. The summed E-state index contributed by atoms with van der Waals surface area (Å²) in [6.45, 7) is 1.74. The maximum atomic E-state index is 12.0. The molecule has 0 unspecified atom stereocenters.